The van der Waals surface area contributed by atoms with Crippen molar-refractivity contribution in [1.82, 2.24) is 20.1 Å². The van der Waals surface area contributed by atoms with Gasteiger partial charge in [-0.05, 0) is 44.0 Å². The second-order valence-electron chi connectivity index (χ2n) is 5.71. The highest BCUT2D eigenvalue weighted by Gasteiger charge is 2.21. The van der Waals surface area contributed by atoms with Gasteiger partial charge < -0.3 is 4.90 Å². The van der Waals surface area contributed by atoms with Crippen molar-refractivity contribution in [3.05, 3.63) is 59.7 Å². The zero-order chi connectivity index (χ0) is 16.9. The summed E-state index contributed by atoms with van der Waals surface area (Å²) in [4.78, 5) is 18.4. The Hall–Kier alpha value is -2.76. The number of fused-ring (bicyclic) bond motifs is 1. The SMILES string of the molecule is Cc1[nH]nc2ccc(C(=O)N3CCCC3)nc12.Fc1ccccc1. The number of nitrogens with zero attached hydrogens (tertiary/aromatic N) is 3. The highest BCUT2D eigenvalue weighted by Crippen LogP contribution is 2.16. The zero-order valence-electron chi connectivity index (χ0n) is 13.5. The fourth-order valence-electron chi connectivity index (χ4n) is 2.63. The number of carbonyl (C=O) groups is 1. The lowest BCUT2D eigenvalue weighted by atomic mass is 10.2. The number of nitrogens with one attached hydrogen (secondary N) is 1. The number of likely N-dealkylation sites (tertiary alicyclic amines) is 1. The van der Waals surface area contributed by atoms with E-state index in [1.807, 2.05) is 17.9 Å². The Balaban J connectivity index is 0.000000203. The van der Waals surface area contributed by atoms with Crippen LogP contribution in [0.4, 0.5) is 4.39 Å². The van der Waals surface area contributed by atoms with E-state index < -0.39 is 0 Å². The van der Waals surface area contributed by atoms with Gasteiger partial charge in [-0.15, -0.1) is 0 Å². The number of amides is 1. The summed E-state index contributed by atoms with van der Waals surface area (Å²) >= 11 is 0. The predicted molar refractivity (Wildman–Crippen MR) is 90.2 cm³/mol. The maximum Gasteiger partial charge on any atom is 0.272 e. The van der Waals surface area contributed by atoms with Crippen LogP contribution in [0.25, 0.3) is 11.0 Å². The summed E-state index contributed by atoms with van der Waals surface area (Å²) in [6.45, 7) is 3.61. The summed E-state index contributed by atoms with van der Waals surface area (Å²) in [5.74, 6) is -0.146. The molecule has 24 heavy (non-hydrogen) atoms. The van der Waals surface area contributed by atoms with Gasteiger partial charge in [0.1, 0.15) is 22.5 Å². The largest absolute Gasteiger partial charge is 0.337 e. The molecule has 1 aliphatic rings. The summed E-state index contributed by atoms with van der Waals surface area (Å²) in [5, 5.41) is 6.98. The Morgan fingerprint density at radius 1 is 1.12 bits per heavy atom. The number of rotatable bonds is 1. The van der Waals surface area contributed by atoms with E-state index in [-0.39, 0.29) is 11.7 Å². The number of H-pyrrole nitrogens is 1. The molecular weight excluding hydrogens is 307 g/mol. The van der Waals surface area contributed by atoms with Crippen molar-refractivity contribution in [2.75, 3.05) is 13.1 Å². The number of carbonyl (C=O) groups excluding carboxylic acids is 1. The normalized spacial score (nSPS) is 13.7. The molecule has 3 heterocycles. The second kappa shape index (κ2) is 7.21. The molecule has 0 radical (unpaired) electrons. The first-order valence-corrected chi connectivity index (χ1v) is 7.96. The molecule has 1 fully saturated rings. The monoisotopic (exact) mass is 326 g/mol. The Bertz CT molecular complexity index is 825. The van der Waals surface area contributed by atoms with Crippen LogP contribution in [-0.2, 0) is 0 Å². The molecule has 124 valence electrons. The van der Waals surface area contributed by atoms with Crippen LogP contribution in [0.1, 0.15) is 29.0 Å². The van der Waals surface area contributed by atoms with E-state index >= 15 is 0 Å². The highest BCUT2D eigenvalue weighted by atomic mass is 19.1. The lowest BCUT2D eigenvalue weighted by Crippen LogP contribution is -2.28. The summed E-state index contributed by atoms with van der Waals surface area (Å²) in [6, 6.07) is 11.5. The van der Waals surface area contributed by atoms with Crippen molar-refractivity contribution < 1.29 is 9.18 Å². The molecule has 1 saturated heterocycles. The lowest BCUT2D eigenvalue weighted by molar-refractivity contribution is 0.0787. The third kappa shape index (κ3) is 3.59. The Morgan fingerprint density at radius 3 is 2.46 bits per heavy atom. The first kappa shape index (κ1) is 16.1. The van der Waals surface area contributed by atoms with Crippen molar-refractivity contribution in [2.45, 2.75) is 19.8 Å². The number of hydrogen-bond donors (Lipinski definition) is 1. The number of hydrogen-bond acceptors (Lipinski definition) is 3. The molecule has 1 aliphatic heterocycles. The smallest absolute Gasteiger partial charge is 0.272 e. The van der Waals surface area contributed by atoms with Crippen molar-refractivity contribution in [3.8, 4) is 0 Å². The number of benzene rings is 1. The topological polar surface area (TPSA) is 61.9 Å². The van der Waals surface area contributed by atoms with Gasteiger partial charge in [0.15, 0.2) is 0 Å². The highest BCUT2D eigenvalue weighted by molar-refractivity contribution is 5.94. The maximum absolute atomic E-state index is 12.2. The maximum atomic E-state index is 12.2. The molecule has 0 bridgehead atoms. The van der Waals surface area contributed by atoms with E-state index in [0.717, 1.165) is 42.7 Å². The standard InChI is InChI=1S/C12H14N4O.C6H5F/c1-8-11-9(15-14-8)4-5-10(13-11)12(17)16-6-2-3-7-16;7-6-4-2-1-3-5-6/h4-5H,2-3,6-7H2,1H3,(H,14,15);1-5H. The molecule has 1 amide bonds. The van der Waals surface area contributed by atoms with Gasteiger partial charge in [-0.1, -0.05) is 18.2 Å². The van der Waals surface area contributed by atoms with Crippen LogP contribution < -0.4 is 0 Å². The number of pyridine rings is 1. The molecule has 5 nitrogen and oxygen atoms in total. The quantitative estimate of drug-likeness (QED) is 0.746. The van der Waals surface area contributed by atoms with Crippen molar-refractivity contribution in [3.63, 3.8) is 0 Å². The van der Waals surface area contributed by atoms with Crippen LogP contribution >= 0.6 is 0 Å². The Kier molecular flexibility index (Phi) is 4.84. The molecule has 1 aromatic carbocycles. The second-order valence-corrected chi connectivity index (χ2v) is 5.71. The number of halogens is 1. The van der Waals surface area contributed by atoms with Crippen LogP contribution in [-0.4, -0.2) is 39.1 Å². The van der Waals surface area contributed by atoms with Crippen molar-refractivity contribution >= 4 is 16.9 Å². The Labute approximate surface area is 139 Å². The molecular formula is C18H19FN4O. The van der Waals surface area contributed by atoms with Crippen LogP contribution in [0.15, 0.2) is 42.5 Å². The van der Waals surface area contributed by atoms with Crippen LogP contribution in [0, 0.1) is 12.7 Å². The van der Waals surface area contributed by atoms with Gasteiger partial charge in [-0.3, -0.25) is 9.89 Å². The molecule has 3 aromatic rings. The van der Waals surface area contributed by atoms with E-state index in [1.165, 1.54) is 12.1 Å². The zero-order valence-corrected chi connectivity index (χ0v) is 13.5. The van der Waals surface area contributed by atoms with Gasteiger partial charge in [0.25, 0.3) is 5.91 Å². The molecule has 0 atom stereocenters. The minimum absolute atomic E-state index is 0.0324. The van der Waals surface area contributed by atoms with Gasteiger partial charge in [0.05, 0.1) is 5.69 Å². The van der Waals surface area contributed by atoms with Crippen LogP contribution in [0.3, 0.4) is 0 Å². The van der Waals surface area contributed by atoms with E-state index in [0.29, 0.717) is 5.69 Å². The third-order valence-corrected chi connectivity index (χ3v) is 3.92. The van der Waals surface area contributed by atoms with Gasteiger partial charge in [0.2, 0.25) is 0 Å². The van der Waals surface area contributed by atoms with Gasteiger partial charge >= 0.3 is 0 Å². The molecule has 6 heteroatoms. The average Bonchev–Trinajstić information content (AvgIpc) is 3.26. The summed E-state index contributed by atoms with van der Waals surface area (Å²) in [7, 11) is 0. The van der Waals surface area contributed by atoms with Crippen molar-refractivity contribution in [2.24, 2.45) is 0 Å². The Morgan fingerprint density at radius 2 is 1.83 bits per heavy atom. The third-order valence-electron chi connectivity index (χ3n) is 3.92. The minimum Gasteiger partial charge on any atom is -0.337 e. The lowest BCUT2D eigenvalue weighted by Gasteiger charge is -2.14. The molecule has 0 unspecified atom stereocenters. The molecule has 0 saturated carbocycles. The van der Waals surface area contributed by atoms with Gasteiger partial charge in [-0.2, -0.15) is 5.10 Å². The number of aromatic nitrogens is 3. The molecule has 2 aromatic heterocycles. The van der Waals surface area contributed by atoms with Crippen LogP contribution in [0.2, 0.25) is 0 Å². The predicted octanol–water partition coefficient (Wildman–Crippen LogP) is 3.33. The first-order chi connectivity index (χ1) is 11.6. The minimum atomic E-state index is -0.178. The van der Waals surface area contributed by atoms with Crippen LogP contribution in [0.5, 0.6) is 0 Å². The summed E-state index contributed by atoms with van der Waals surface area (Å²) in [6.07, 6.45) is 2.19. The van der Waals surface area contributed by atoms with E-state index in [1.54, 1.807) is 24.3 Å². The van der Waals surface area contributed by atoms with Gasteiger partial charge in [-0.25, -0.2) is 9.37 Å². The van der Waals surface area contributed by atoms with Gasteiger partial charge in [0, 0.05) is 13.1 Å². The number of aryl methyl sites for hydroxylation is 1. The fraction of sp³-hybridized carbons (Fsp3) is 0.278. The van der Waals surface area contributed by atoms with E-state index in [9.17, 15) is 9.18 Å². The number of aromatic amines is 1. The fourth-order valence-corrected chi connectivity index (χ4v) is 2.63. The average molecular weight is 326 g/mol. The molecule has 0 aliphatic carbocycles. The molecule has 0 spiro atoms. The first-order valence-electron chi connectivity index (χ1n) is 7.96. The summed E-state index contributed by atoms with van der Waals surface area (Å²) in [5.41, 5.74) is 3.01. The molecule has 1 N–H and O–H groups in total. The van der Waals surface area contributed by atoms with E-state index in [4.69, 9.17) is 0 Å². The summed E-state index contributed by atoms with van der Waals surface area (Å²) < 4.78 is 11.9. The van der Waals surface area contributed by atoms with E-state index in [2.05, 4.69) is 15.2 Å². The van der Waals surface area contributed by atoms with Crippen molar-refractivity contribution in [1.29, 1.82) is 0 Å². The molecule has 4 rings (SSSR count).